The van der Waals surface area contributed by atoms with Gasteiger partial charge in [0.15, 0.2) is 0 Å². The van der Waals surface area contributed by atoms with Crippen LogP contribution in [0.15, 0.2) is 24.3 Å². The van der Waals surface area contributed by atoms with Crippen molar-refractivity contribution in [1.29, 1.82) is 0 Å². The molecule has 2 atom stereocenters. The van der Waals surface area contributed by atoms with Crippen LogP contribution < -0.4 is 0 Å². The average Bonchev–Trinajstić information content (AvgIpc) is 2.26. The van der Waals surface area contributed by atoms with Crippen molar-refractivity contribution in [3.05, 3.63) is 35.4 Å². The summed E-state index contributed by atoms with van der Waals surface area (Å²) in [5.74, 6) is 0. The van der Waals surface area contributed by atoms with Gasteiger partial charge in [-0.1, -0.05) is 31.2 Å². The zero-order chi connectivity index (χ0) is 10.4. The largest absolute Gasteiger partial charge is 0.394 e. The van der Waals surface area contributed by atoms with E-state index in [2.05, 4.69) is 34.6 Å². The number of benzene rings is 1. The standard InChI is InChI=1S/C11H17O2P.Ac.H2/c1-2-9-4-3-5-10(6-9)7-11(8-12)13-14;;/h3-6,11-12H,2,7-8,14H2,1H3;;1H/t11-;;/m0../s1/i;;1+2. The van der Waals surface area contributed by atoms with Crippen molar-refractivity contribution >= 4 is 9.47 Å². The van der Waals surface area contributed by atoms with Gasteiger partial charge < -0.3 is 9.63 Å². The second kappa shape index (κ2) is 9.08. The normalized spacial score (nSPS) is 11.9. The number of hydrogen-bond acceptors (Lipinski definition) is 2. The molecule has 0 aliphatic heterocycles. The zero-order valence-corrected chi connectivity index (χ0v) is 14.9. The summed E-state index contributed by atoms with van der Waals surface area (Å²) in [6.07, 6.45) is 1.68. The molecule has 0 saturated carbocycles. The van der Waals surface area contributed by atoms with Crippen LogP contribution in [0, 0.1) is 44.1 Å². The Bertz CT molecular complexity index is 282. The molecule has 0 bridgehead atoms. The van der Waals surface area contributed by atoms with Crippen LogP contribution in [0.2, 0.25) is 0 Å². The fourth-order valence-electron chi connectivity index (χ4n) is 1.40. The van der Waals surface area contributed by atoms with Gasteiger partial charge >= 0.3 is 0 Å². The third-order valence-corrected chi connectivity index (χ3v) is 2.64. The first-order chi connectivity index (χ1) is 6.80. The van der Waals surface area contributed by atoms with Crippen molar-refractivity contribution in [2.75, 3.05) is 6.61 Å². The van der Waals surface area contributed by atoms with Gasteiger partial charge in [0, 0.05) is 61.4 Å². The molecule has 15 heavy (non-hydrogen) atoms. The van der Waals surface area contributed by atoms with E-state index in [1.54, 1.807) is 0 Å². The third kappa shape index (κ3) is 5.76. The zero-order valence-electron chi connectivity index (χ0n) is 9.02. The second-order valence-electron chi connectivity index (χ2n) is 3.32. The van der Waals surface area contributed by atoms with E-state index in [-0.39, 0.29) is 58.2 Å². The van der Waals surface area contributed by atoms with E-state index in [1.807, 2.05) is 6.07 Å². The summed E-state index contributed by atoms with van der Waals surface area (Å²) in [4.78, 5) is 0. The second-order valence-corrected chi connectivity index (χ2v) is 3.59. The minimum atomic E-state index is -0.118. The van der Waals surface area contributed by atoms with Gasteiger partial charge in [0.25, 0.3) is 0 Å². The van der Waals surface area contributed by atoms with Crippen LogP contribution in [0.1, 0.15) is 19.5 Å². The van der Waals surface area contributed by atoms with Crippen LogP contribution in [0.3, 0.4) is 0 Å². The first-order valence-electron chi connectivity index (χ1n) is 4.84. The van der Waals surface area contributed by atoms with Crippen LogP contribution in [0.25, 0.3) is 0 Å². The number of aliphatic hydroxyl groups excluding tert-OH is 1. The minimum absolute atomic E-state index is 0. The summed E-state index contributed by atoms with van der Waals surface area (Å²) in [6, 6.07) is 8.38. The topological polar surface area (TPSA) is 29.5 Å². The van der Waals surface area contributed by atoms with Gasteiger partial charge in [-0.3, -0.25) is 0 Å². The van der Waals surface area contributed by atoms with Gasteiger partial charge in [-0.25, -0.2) is 0 Å². The Labute approximate surface area is 131 Å². The van der Waals surface area contributed by atoms with Crippen molar-refractivity contribution < 1.29 is 55.1 Å². The molecule has 0 spiro atoms. The molecular weight excluding hydrogens is 422 g/mol. The van der Waals surface area contributed by atoms with Gasteiger partial charge in [-0.05, 0) is 17.5 Å². The maximum absolute atomic E-state index is 8.98. The van der Waals surface area contributed by atoms with Gasteiger partial charge in [-0.2, -0.15) is 0 Å². The molecule has 1 unspecified atom stereocenters. The Morgan fingerprint density at radius 3 is 2.67 bits per heavy atom. The quantitative estimate of drug-likeness (QED) is 0.708. The summed E-state index contributed by atoms with van der Waals surface area (Å²) < 4.78 is 5.04. The Hall–Kier alpha value is 1.01. The molecule has 0 saturated heterocycles. The predicted molar refractivity (Wildman–Crippen MR) is 63.3 cm³/mol. The van der Waals surface area contributed by atoms with Crippen LogP contribution in [-0.2, 0) is 17.4 Å². The number of rotatable bonds is 5. The molecular formula is C11H19AcO2P. The van der Waals surface area contributed by atoms with Crippen LogP contribution in [0.5, 0.6) is 0 Å². The van der Waals surface area contributed by atoms with Crippen LogP contribution in [0.4, 0.5) is 0 Å². The number of aliphatic hydroxyl groups is 1. The number of aryl methyl sites for hydroxylation is 1. The average molecular weight is 443 g/mol. The van der Waals surface area contributed by atoms with Crippen molar-refractivity contribution in [2.24, 2.45) is 0 Å². The Kier molecular flexibility index (Phi) is 9.70. The molecule has 83 valence electrons. The van der Waals surface area contributed by atoms with E-state index in [4.69, 9.17) is 9.63 Å². The third-order valence-electron chi connectivity index (χ3n) is 2.26. The minimum Gasteiger partial charge on any atom is -0.394 e. The fraction of sp³-hybridized carbons (Fsp3) is 0.455. The molecule has 1 aromatic carbocycles. The molecule has 1 rings (SSSR count). The van der Waals surface area contributed by atoms with E-state index < -0.39 is 0 Å². The first kappa shape index (κ1) is 16.0. The summed E-state index contributed by atoms with van der Waals surface area (Å²) >= 11 is 0. The van der Waals surface area contributed by atoms with Gasteiger partial charge in [0.05, 0.1) is 12.7 Å². The molecule has 0 aliphatic carbocycles. The fourth-order valence-corrected chi connectivity index (χ4v) is 1.58. The smallest absolute Gasteiger partial charge is 0.0881 e. The van der Waals surface area contributed by atoms with Crippen molar-refractivity contribution in [3.8, 4) is 0 Å². The van der Waals surface area contributed by atoms with Crippen LogP contribution >= 0.6 is 9.47 Å². The molecule has 1 N–H and O–H groups in total. The van der Waals surface area contributed by atoms with Crippen molar-refractivity contribution in [3.63, 3.8) is 0 Å². The van der Waals surface area contributed by atoms with E-state index in [1.165, 1.54) is 11.1 Å². The maximum Gasteiger partial charge on any atom is 0.0881 e. The number of hydrogen-bond donors (Lipinski definition) is 1. The summed E-state index contributed by atoms with van der Waals surface area (Å²) in [6.45, 7) is 2.19. The van der Waals surface area contributed by atoms with E-state index in [0.717, 1.165) is 12.8 Å². The van der Waals surface area contributed by atoms with Gasteiger partial charge in [0.2, 0.25) is 0 Å². The summed E-state index contributed by atoms with van der Waals surface area (Å²) in [7, 11) is 2.20. The molecule has 0 amide bonds. The Morgan fingerprint density at radius 1 is 1.47 bits per heavy atom. The van der Waals surface area contributed by atoms with Crippen molar-refractivity contribution in [1.82, 2.24) is 0 Å². The summed E-state index contributed by atoms with van der Waals surface area (Å²) in [5, 5.41) is 8.98. The van der Waals surface area contributed by atoms with Crippen LogP contribution in [-0.4, -0.2) is 17.8 Å². The van der Waals surface area contributed by atoms with Gasteiger partial charge in [0.1, 0.15) is 0 Å². The molecule has 0 fully saturated rings. The maximum atomic E-state index is 8.98. The van der Waals surface area contributed by atoms with E-state index in [9.17, 15) is 0 Å². The molecule has 1 aromatic rings. The van der Waals surface area contributed by atoms with E-state index in [0.29, 0.717) is 0 Å². The summed E-state index contributed by atoms with van der Waals surface area (Å²) in [5.41, 5.74) is 2.54. The van der Waals surface area contributed by atoms with Crippen molar-refractivity contribution in [2.45, 2.75) is 25.9 Å². The molecule has 0 aliphatic rings. The molecule has 4 heteroatoms. The van der Waals surface area contributed by atoms with E-state index >= 15 is 0 Å². The monoisotopic (exact) mass is 443 g/mol. The Balaban J connectivity index is 0. The first-order valence-corrected chi connectivity index (χ1v) is 5.31. The Morgan fingerprint density at radius 2 is 2.13 bits per heavy atom. The van der Waals surface area contributed by atoms with Gasteiger partial charge in [-0.15, -0.1) is 0 Å². The molecule has 0 heterocycles. The predicted octanol–water partition coefficient (Wildman–Crippen LogP) is 2.21. The SMILES string of the molecule is CCc1cccc(C[C@@H](CO)OP)c1.[3HH].[Ac]. The molecule has 2 nitrogen and oxygen atoms in total. The molecule has 1 radical (unpaired) electrons. The molecule has 0 aromatic heterocycles.